The van der Waals surface area contributed by atoms with Crippen molar-refractivity contribution in [2.75, 3.05) is 12.4 Å². The topological polar surface area (TPSA) is 85.1 Å². The van der Waals surface area contributed by atoms with Gasteiger partial charge < -0.3 is 10.6 Å². The lowest BCUT2D eigenvalue weighted by atomic mass is 10.2. The summed E-state index contributed by atoms with van der Waals surface area (Å²) in [5.74, 6) is -0.587. The molecule has 8 heteroatoms. The smallest absolute Gasteiger partial charge is 0.329 e. The van der Waals surface area contributed by atoms with E-state index in [4.69, 9.17) is 11.6 Å². The maximum atomic E-state index is 12.8. The van der Waals surface area contributed by atoms with Crippen molar-refractivity contribution in [2.45, 2.75) is 32.9 Å². The number of amides is 2. The molecule has 1 heterocycles. The molecule has 29 heavy (non-hydrogen) atoms. The summed E-state index contributed by atoms with van der Waals surface area (Å²) in [6.07, 6.45) is 0.969. The van der Waals surface area contributed by atoms with E-state index < -0.39 is 0 Å². The number of carbonyl (C=O) groups is 2. The summed E-state index contributed by atoms with van der Waals surface area (Å²) in [5, 5.41) is 5.57. The van der Waals surface area contributed by atoms with Gasteiger partial charge in [-0.3, -0.25) is 18.7 Å². The quantitative estimate of drug-likeness (QED) is 0.622. The van der Waals surface area contributed by atoms with Gasteiger partial charge in [0.05, 0.1) is 21.6 Å². The minimum absolute atomic E-state index is 0.116. The Hall–Kier alpha value is -3.06. The maximum absolute atomic E-state index is 12.8. The zero-order valence-electron chi connectivity index (χ0n) is 16.4. The molecule has 0 aliphatic heterocycles. The Morgan fingerprint density at radius 3 is 2.31 bits per heavy atom. The molecule has 0 saturated carbocycles. The van der Waals surface area contributed by atoms with Gasteiger partial charge in [0.15, 0.2) is 0 Å². The fraction of sp³-hybridized carbons (Fsp3) is 0.286. The summed E-state index contributed by atoms with van der Waals surface area (Å²) in [4.78, 5) is 37.1. The van der Waals surface area contributed by atoms with E-state index in [-0.39, 0.29) is 36.0 Å². The number of para-hydroxylation sites is 2. The molecule has 0 fully saturated rings. The second-order valence-electron chi connectivity index (χ2n) is 6.65. The molecular weight excluding hydrogens is 392 g/mol. The van der Waals surface area contributed by atoms with E-state index in [9.17, 15) is 14.4 Å². The number of aromatic nitrogens is 2. The van der Waals surface area contributed by atoms with Crippen molar-refractivity contribution in [1.82, 2.24) is 14.5 Å². The van der Waals surface area contributed by atoms with Crippen LogP contribution in [0, 0.1) is 0 Å². The summed E-state index contributed by atoms with van der Waals surface area (Å²) in [6, 6.07) is 12.3. The van der Waals surface area contributed by atoms with Crippen LogP contribution in [0.3, 0.4) is 0 Å². The molecule has 0 aliphatic rings. The van der Waals surface area contributed by atoms with E-state index in [1.54, 1.807) is 21.3 Å². The second kappa shape index (κ2) is 8.96. The Kier molecular flexibility index (Phi) is 6.39. The highest BCUT2D eigenvalue weighted by Gasteiger charge is 2.14. The van der Waals surface area contributed by atoms with Crippen molar-refractivity contribution in [2.24, 2.45) is 0 Å². The van der Waals surface area contributed by atoms with Gasteiger partial charge in [-0.2, -0.15) is 0 Å². The van der Waals surface area contributed by atoms with Crippen LogP contribution in [0.5, 0.6) is 0 Å². The van der Waals surface area contributed by atoms with Crippen molar-refractivity contribution in [1.29, 1.82) is 0 Å². The Bertz CT molecular complexity index is 1120. The van der Waals surface area contributed by atoms with Crippen molar-refractivity contribution in [3.05, 3.63) is 63.5 Å². The number of carbonyl (C=O) groups excluding carboxylic acids is 2. The third-order valence-corrected chi connectivity index (χ3v) is 4.99. The van der Waals surface area contributed by atoms with Gasteiger partial charge in [-0.15, -0.1) is 0 Å². The number of hydrogen-bond acceptors (Lipinski definition) is 3. The molecule has 0 bridgehead atoms. The van der Waals surface area contributed by atoms with E-state index >= 15 is 0 Å². The number of nitrogens with one attached hydrogen (secondary N) is 2. The lowest BCUT2D eigenvalue weighted by Crippen LogP contribution is -2.26. The van der Waals surface area contributed by atoms with E-state index in [0.29, 0.717) is 17.3 Å². The van der Waals surface area contributed by atoms with Crippen molar-refractivity contribution >= 4 is 40.1 Å². The van der Waals surface area contributed by atoms with Gasteiger partial charge in [-0.25, -0.2) is 4.79 Å². The summed E-state index contributed by atoms with van der Waals surface area (Å²) in [6.45, 7) is 2.91. The molecule has 2 aromatic carbocycles. The van der Waals surface area contributed by atoms with E-state index in [2.05, 4.69) is 10.6 Å². The molecule has 3 aromatic rings. The summed E-state index contributed by atoms with van der Waals surface area (Å²) in [7, 11) is 1.51. The second-order valence-corrected chi connectivity index (χ2v) is 7.05. The minimum atomic E-state index is -0.332. The maximum Gasteiger partial charge on any atom is 0.329 e. The van der Waals surface area contributed by atoms with Crippen LogP contribution in [0.1, 0.15) is 30.1 Å². The summed E-state index contributed by atoms with van der Waals surface area (Å²) < 4.78 is 3.37. The van der Waals surface area contributed by atoms with Gasteiger partial charge in [0.2, 0.25) is 5.91 Å². The molecule has 7 nitrogen and oxygen atoms in total. The highest BCUT2D eigenvalue weighted by atomic mass is 35.5. The Morgan fingerprint density at radius 2 is 1.69 bits per heavy atom. The highest BCUT2D eigenvalue weighted by Crippen LogP contribution is 2.21. The first-order valence-electron chi connectivity index (χ1n) is 9.45. The van der Waals surface area contributed by atoms with Crippen LogP contribution in [-0.4, -0.2) is 28.0 Å². The zero-order chi connectivity index (χ0) is 21.0. The lowest BCUT2D eigenvalue weighted by Gasteiger charge is -2.09. The van der Waals surface area contributed by atoms with Gasteiger partial charge in [-0.1, -0.05) is 30.7 Å². The molecule has 3 rings (SSSR count). The number of imidazole rings is 1. The average molecular weight is 415 g/mol. The van der Waals surface area contributed by atoms with Crippen molar-refractivity contribution < 1.29 is 9.59 Å². The van der Waals surface area contributed by atoms with Crippen LogP contribution in [0.4, 0.5) is 5.69 Å². The molecule has 2 amide bonds. The predicted molar refractivity (Wildman–Crippen MR) is 115 cm³/mol. The number of rotatable bonds is 7. The SMILES string of the molecule is CCCn1c(=O)n(CCC(=O)Nc2ccc(Cl)c(C(=O)NC)c2)c2ccccc21. The van der Waals surface area contributed by atoms with Crippen LogP contribution < -0.4 is 16.3 Å². The molecular formula is C21H23ClN4O3. The molecule has 2 N–H and O–H groups in total. The highest BCUT2D eigenvalue weighted by molar-refractivity contribution is 6.34. The third-order valence-electron chi connectivity index (χ3n) is 4.66. The molecule has 0 spiro atoms. The largest absolute Gasteiger partial charge is 0.355 e. The van der Waals surface area contributed by atoms with Gasteiger partial charge in [0.1, 0.15) is 0 Å². The Balaban J connectivity index is 1.76. The molecule has 0 unspecified atom stereocenters. The molecule has 0 atom stereocenters. The predicted octanol–water partition coefficient (Wildman–Crippen LogP) is 3.25. The normalized spacial score (nSPS) is 10.9. The fourth-order valence-electron chi connectivity index (χ4n) is 3.28. The number of benzene rings is 2. The number of fused-ring (bicyclic) bond motifs is 1. The first-order valence-corrected chi connectivity index (χ1v) is 9.83. The van der Waals surface area contributed by atoms with Crippen LogP contribution in [0.15, 0.2) is 47.3 Å². The van der Waals surface area contributed by atoms with Gasteiger partial charge in [0.25, 0.3) is 5.91 Å². The molecule has 0 saturated heterocycles. The van der Waals surface area contributed by atoms with E-state index in [1.165, 1.54) is 13.1 Å². The molecule has 152 valence electrons. The van der Waals surface area contributed by atoms with Gasteiger partial charge in [-0.05, 0) is 36.8 Å². The standard InChI is InChI=1S/C21H23ClN4O3/c1-3-11-25-17-6-4-5-7-18(17)26(21(25)29)12-10-19(27)24-14-8-9-16(22)15(13-14)20(28)23-2/h4-9,13H,3,10-12H2,1-2H3,(H,23,28)(H,24,27). The van der Waals surface area contributed by atoms with Gasteiger partial charge >= 0.3 is 5.69 Å². The van der Waals surface area contributed by atoms with Crippen LogP contribution in [0.2, 0.25) is 5.02 Å². The number of anilines is 1. The third kappa shape index (κ3) is 4.35. The van der Waals surface area contributed by atoms with Gasteiger partial charge in [0, 0.05) is 32.2 Å². The Labute approximate surface area is 173 Å². The number of halogens is 1. The first-order chi connectivity index (χ1) is 14.0. The zero-order valence-corrected chi connectivity index (χ0v) is 17.1. The van der Waals surface area contributed by atoms with Crippen molar-refractivity contribution in [3.8, 4) is 0 Å². The molecule has 0 aliphatic carbocycles. The van der Waals surface area contributed by atoms with E-state index in [0.717, 1.165) is 17.5 Å². The summed E-state index contributed by atoms with van der Waals surface area (Å²) in [5.41, 5.74) is 2.32. The monoisotopic (exact) mass is 414 g/mol. The number of hydrogen-bond donors (Lipinski definition) is 2. The number of nitrogens with zero attached hydrogens (tertiary/aromatic N) is 2. The van der Waals surface area contributed by atoms with E-state index in [1.807, 2.05) is 31.2 Å². The molecule has 0 radical (unpaired) electrons. The minimum Gasteiger partial charge on any atom is -0.355 e. The van der Waals surface area contributed by atoms with Crippen LogP contribution in [0.25, 0.3) is 11.0 Å². The molecule has 1 aromatic heterocycles. The average Bonchev–Trinajstić information content (AvgIpc) is 2.99. The Morgan fingerprint density at radius 1 is 1.03 bits per heavy atom. The fourth-order valence-corrected chi connectivity index (χ4v) is 3.48. The van der Waals surface area contributed by atoms with Crippen LogP contribution >= 0.6 is 11.6 Å². The van der Waals surface area contributed by atoms with Crippen LogP contribution in [-0.2, 0) is 17.9 Å². The lowest BCUT2D eigenvalue weighted by molar-refractivity contribution is -0.116. The first kappa shape index (κ1) is 20.7. The summed E-state index contributed by atoms with van der Waals surface area (Å²) >= 11 is 6.03. The number of aryl methyl sites for hydroxylation is 2. The van der Waals surface area contributed by atoms with Crippen molar-refractivity contribution in [3.63, 3.8) is 0 Å².